The van der Waals surface area contributed by atoms with E-state index in [1.807, 2.05) is 18.2 Å². The number of rotatable bonds is 6. The molecule has 0 aliphatic carbocycles. The van der Waals surface area contributed by atoms with E-state index in [1.165, 1.54) is 6.92 Å². The quantitative estimate of drug-likeness (QED) is 0.737. The summed E-state index contributed by atoms with van der Waals surface area (Å²) in [5.41, 5.74) is 0.191. The van der Waals surface area contributed by atoms with E-state index in [0.717, 1.165) is 5.56 Å². The third-order valence-corrected chi connectivity index (χ3v) is 3.32. The van der Waals surface area contributed by atoms with E-state index in [1.54, 1.807) is 32.9 Å². The highest BCUT2D eigenvalue weighted by Crippen LogP contribution is 2.12. The molecule has 0 radical (unpaired) electrons. The largest absolute Gasteiger partial charge is 0.480 e. The minimum absolute atomic E-state index is 0.182. The zero-order valence-electron chi connectivity index (χ0n) is 13.9. The van der Waals surface area contributed by atoms with E-state index in [9.17, 15) is 19.5 Å². The molecule has 2 atom stereocenters. The topological polar surface area (TPSA) is 95.5 Å². The van der Waals surface area contributed by atoms with E-state index >= 15 is 0 Å². The van der Waals surface area contributed by atoms with Gasteiger partial charge in [0.15, 0.2) is 0 Å². The van der Waals surface area contributed by atoms with Gasteiger partial charge in [0.25, 0.3) is 0 Å². The van der Waals surface area contributed by atoms with E-state index in [-0.39, 0.29) is 12.3 Å². The van der Waals surface area contributed by atoms with Gasteiger partial charge in [0.1, 0.15) is 12.1 Å². The number of hydrogen-bond donors (Lipinski definition) is 3. The van der Waals surface area contributed by atoms with Gasteiger partial charge in [-0.1, -0.05) is 51.1 Å². The second kappa shape index (κ2) is 7.76. The van der Waals surface area contributed by atoms with Crippen molar-refractivity contribution in [2.75, 3.05) is 0 Å². The molecule has 23 heavy (non-hydrogen) atoms. The zero-order chi connectivity index (χ0) is 17.6. The number of aliphatic carboxylic acids is 1. The fraction of sp³-hybridized carbons (Fsp3) is 0.471. The normalized spacial score (nSPS) is 13.7. The number of carbonyl (C=O) groups is 3. The van der Waals surface area contributed by atoms with Crippen LogP contribution in [-0.4, -0.2) is 35.0 Å². The van der Waals surface area contributed by atoms with Crippen molar-refractivity contribution >= 4 is 17.8 Å². The lowest BCUT2D eigenvalue weighted by atomic mass is 9.95. The predicted molar refractivity (Wildman–Crippen MR) is 86.8 cm³/mol. The van der Waals surface area contributed by atoms with Crippen LogP contribution in [0.25, 0.3) is 0 Å². The van der Waals surface area contributed by atoms with Crippen molar-refractivity contribution in [3.05, 3.63) is 35.9 Å². The average Bonchev–Trinajstić information content (AvgIpc) is 2.46. The minimum atomic E-state index is -1.11. The molecule has 0 aliphatic rings. The molecular weight excluding hydrogens is 296 g/mol. The molecule has 1 aromatic rings. The minimum Gasteiger partial charge on any atom is -0.480 e. The van der Waals surface area contributed by atoms with Gasteiger partial charge >= 0.3 is 5.97 Å². The van der Waals surface area contributed by atoms with Crippen LogP contribution in [0.15, 0.2) is 30.3 Å². The molecule has 2 unspecified atom stereocenters. The lowest BCUT2D eigenvalue weighted by molar-refractivity contribution is -0.142. The van der Waals surface area contributed by atoms with E-state index in [0.29, 0.717) is 0 Å². The van der Waals surface area contributed by atoms with Crippen LogP contribution in [0, 0.1) is 5.41 Å². The second-order valence-corrected chi connectivity index (χ2v) is 6.53. The fourth-order valence-corrected chi connectivity index (χ4v) is 1.83. The lowest BCUT2D eigenvalue weighted by Crippen LogP contribution is -2.52. The molecule has 0 bridgehead atoms. The number of carboxylic acids is 1. The monoisotopic (exact) mass is 320 g/mol. The SMILES string of the molecule is CC(NC(=O)C(C)(C)C)C(=O)NC(Cc1ccccc1)C(=O)O. The van der Waals surface area contributed by atoms with Gasteiger partial charge in [0.05, 0.1) is 0 Å². The van der Waals surface area contributed by atoms with Crippen LogP contribution in [0.1, 0.15) is 33.3 Å². The Morgan fingerprint density at radius 2 is 1.65 bits per heavy atom. The summed E-state index contributed by atoms with van der Waals surface area (Å²) in [6, 6.07) is 7.20. The molecule has 1 aromatic carbocycles. The zero-order valence-corrected chi connectivity index (χ0v) is 13.9. The molecule has 6 nitrogen and oxygen atoms in total. The van der Waals surface area contributed by atoms with Gasteiger partial charge in [0, 0.05) is 11.8 Å². The summed E-state index contributed by atoms with van der Waals surface area (Å²) in [6.07, 6.45) is 0.182. The standard InChI is InChI=1S/C17H24N2O4/c1-11(18-16(23)17(2,3)4)14(20)19-13(15(21)22)10-12-8-6-5-7-9-12/h5-9,11,13H,10H2,1-4H3,(H,18,23)(H,19,20)(H,21,22). The fourth-order valence-electron chi connectivity index (χ4n) is 1.83. The van der Waals surface area contributed by atoms with Gasteiger partial charge in [-0.3, -0.25) is 9.59 Å². The van der Waals surface area contributed by atoms with Crippen LogP contribution >= 0.6 is 0 Å². The van der Waals surface area contributed by atoms with Crippen LogP contribution in [0.3, 0.4) is 0 Å². The van der Waals surface area contributed by atoms with Gasteiger partial charge in [-0.25, -0.2) is 4.79 Å². The van der Waals surface area contributed by atoms with Crippen LogP contribution < -0.4 is 10.6 Å². The number of amides is 2. The van der Waals surface area contributed by atoms with Crippen molar-refractivity contribution in [3.63, 3.8) is 0 Å². The molecule has 0 spiro atoms. The van der Waals surface area contributed by atoms with Crippen LogP contribution in [0.5, 0.6) is 0 Å². The van der Waals surface area contributed by atoms with Crippen LogP contribution in [0.4, 0.5) is 0 Å². The molecule has 0 saturated carbocycles. The number of carboxylic acid groups (broad SMARTS) is 1. The Morgan fingerprint density at radius 3 is 2.13 bits per heavy atom. The van der Waals surface area contributed by atoms with Crippen molar-refractivity contribution in [1.82, 2.24) is 10.6 Å². The van der Waals surface area contributed by atoms with Crippen molar-refractivity contribution in [1.29, 1.82) is 0 Å². The van der Waals surface area contributed by atoms with E-state index in [2.05, 4.69) is 10.6 Å². The maximum atomic E-state index is 12.1. The molecule has 126 valence electrons. The van der Waals surface area contributed by atoms with Crippen molar-refractivity contribution in [2.45, 2.75) is 46.2 Å². The first-order valence-corrected chi connectivity index (χ1v) is 7.49. The van der Waals surface area contributed by atoms with Crippen molar-refractivity contribution in [3.8, 4) is 0 Å². The molecule has 1 rings (SSSR count). The molecule has 3 N–H and O–H groups in total. The highest BCUT2D eigenvalue weighted by molar-refractivity contribution is 5.91. The summed E-state index contributed by atoms with van der Waals surface area (Å²) in [7, 11) is 0. The summed E-state index contributed by atoms with van der Waals surface area (Å²) in [5, 5.41) is 14.3. The van der Waals surface area contributed by atoms with Gasteiger partial charge in [-0.15, -0.1) is 0 Å². The number of carbonyl (C=O) groups excluding carboxylic acids is 2. The first-order valence-electron chi connectivity index (χ1n) is 7.49. The maximum absolute atomic E-state index is 12.1. The number of nitrogens with one attached hydrogen (secondary N) is 2. The number of hydrogen-bond acceptors (Lipinski definition) is 3. The van der Waals surface area contributed by atoms with Crippen molar-refractivity contribution < 1.29 is 19.5 Å². The van der Waals surface area contributed by atoms with Gasteiger partial charge < -0.3 is 15.7 Å². The van der Waals surface area contributed by atoms with E-state index < -0.39 is 29.4 Å². The smallest absolute Gasteiger partial charge is 0.326 e. The van der Waals surface area contributed by atoms with Gasteiger partial charge in [-0.2, -0.15) is 0 Å². The number of benzene rings is 1. The Bertz CT molecular complexity index is 564. The highest BCUT2D eigenvalue weighted by atomic mass is 16.4. The van der Waals surface area contributed by atoms with Gasteiger partial charge in [0.2, 0.25) is 11.8 Å². The molecule has 0 fully saturated rings. The van der Waals surface area contributed by atoms with Crippen LogP contribution in [-0.2, 0) is 20.8 Å². The first-order chi connectivity index (χ1) is 10.6. The van der Waals surface area contributed by atoms with Gasteiger partial charge in [-0.05, 0) is 12.5 Å². The second-order valence-electron chi connectivity index (χ2n) is 6.53. The molecule has 0 aromatic heterocycles. The average molecular weight is 320 g/mol. The summed E-state index contributed by atoms with van der Waals surface area (Å²) >= 11 is 0. The van der Waals surface area contributed by atoms with Crippen molar-refractivity contribution in [2.24, 2.45) is 5.41 Å². The Labute approximate surface area is 136 Å². The third-order valence-electron chi connectivity index (χ3n) is 3.32. The Balaban J connectivity index is 2.67. The summed E-state index contributed by atoms with van der Waals surface area (Å²) in [4.78, 5) is 35.3. The Morgan fingerprint density at radius 1 is 1.09 bits per heavy atom. The van der Waals surface area contributed by atoms with Crippen LogP contribution in [0.2, 0.25) is 0 Å². The molecule has 2 amide bonds. The van der Waals surface area contributed by atoms with E-state index in [4.69, 9.17) is 0 Å². The molecular formula is C17H24N2O4. The summed E-state index contributed by atoms with van der Waals surface area (Å²) in [6.45, 7) is 6.74. The molecule has 6 heteroatoms. The lowest BCUT2D eigenvalue weighted by Gasteiger charge is -2.23. The summed E-state index contributed by atoms with van der Waals surface area (Å²) < 4.78 is 0. The third kappa shape index (κ3) is 6.10. The molecule has 0 saturated heterocycles. The maximum Gasteiger partial charge on any atom is 0.326 e. The highest BCUT2D eigenvalue weighted by Gasteiger charge is 2.27. The molecule has 0 heterocycles. The Hall–Kier alpha value is -2.37. The molecule has 0 aliphatic heterocycles. The Kier molecular flexibility index (Phi) is 6.30. The summed E-state index contributed by atoms with van der Waals surface area (Å²) in [5.74, 6) is -1.91. The first kappa shape index (κ1) is 18.7. The predicted octanol–water partition coefficient (Wildman–Crippen LogP) is 1.35.